The summed E-state index contributed by atoms with van der Waals surface area (Å²) < 4.78 is 0. The molecule has 1 N–H and O–H groups in total. The van der Waals surface area contributed by atoms with E-state index in [0.29, 0.717) is 5.92 Å². The molecule has 0 aromatic heterocycles. The molecule has 0 heterocycles. The van der Waals surface area contributed by atoms with Crippen LogP contribution in [-0.2, 0) is 4.79 Å². The van der Waals surface area contributed by atoms with Crippen LogP contribution in [0.3, 0.4) is 0 Å². The molecule has 1 fully saturated rings. The molecule has 0 aliphatic heterocycles. The second-order valence-electron chi connectivity index (χ2n) is 7.37. The lowest BCUT2D eigenvalue weighted by Gasteiger charge is -2.26. The van der Waals surface area contributed by atoms with Gasteiger partial charge in [0.25, 0.3) is 0 Å². The van der Waals surface area contributed by atoms with Crippen molar-refractivity contribution in [3.63, 3.8) is 0 Å². The largest absolute Gasteiger partial charge is 0.481 e. The molecular weight excluding hydrogens is 248 g/mol. The van der Waals surface area contributed by atoms with Crippen LogP contribution in [-0.4, -0.2) is 11.1 Å². The van der Waals surface area contributed by atoms with Crippen LogP contribution >= 0.6 is 0 Å². The molecule has 1 saturated carbocycles. The summed E-state index contributed by atoms with van der Waals surface area (Å²) in [6.45, 7) is 3.77. The Bertz CT molecular complexity index is 257. The van der Waals surface area contributed by atoms with Crippen LogP contribution in [0.5, 0.6) is 0 Å². The molecular formula is C18H34O2. The lowest BCUT2D eigenvalue weighted by molar-refractivity contribution is -0.148. The van der Waals surface area contributed by atoms with E-state index in [0.717, 1.165) is 6.42 Å². The Hall–Kier alpha value is -0.530. The van der Waals surface area contributed by atoms with Gasteiger partial charge in [0, 0.05) is 0 Å². The van der Waals surface area contributed by atoms with Gasteiger partial charge in [0.05, 0.1) is 5.41 Å². The average Bonchev–Trinajstić information content (AvgIpc) is 2.40. The van der Waals surface area contributed by atoms with Crippen LogP contribution < -0.4 is 0 Å². The van der Waals surface area contributed by atoms with E-state index in [9.17, 15) is 9.90 Å². The molecule has 0 radical (unpaired) electrons. The first-order valence-electron chi connectivity index (χ1n) is 8.76. The van der Waals surface area contributed by atoms with E-state index < -0.39 is 11.4 Å². The average molecular weight is 282 g/mol. The maximum Gasteiger partial charge on any atom is 0.309 e. The quantitative estimate of drug-likeness (QED) is 0.710. The first-order chi connectivity index (χ1) is 9.52. The van der Waals surface area contributed by atoms with Crippen molar-refractivity contribution in [3.8, 4) is 0 Å². The molecule has 0 atom stereocenters. The number of rotatable bonds is 3. The van der Waals surface area contributed by atoms with Crippen LogP contribution in [0.4, 0.5) is 0 Å². The predicted octanol–water partition coefficient (Wildman–Crippen LogP) is 5.80. The van der Waals surface area contributed by atoms with Crippen molar-refractivity contribution in [2.24, 2.45) is 11.3 Å². The maximum atomic E-state index is 11.3. The highest BCUT2D eigenvalue weighted by Crippen LogP contribution is 2.32. The molecule has 2 nitrogen and oxygen atoms in total. The van der Waals surface area contributed by atoms with Crippen molar-refractivity contribution in [2.45, 2.75) is 97.3 Å². The van der Waals surface area contributed by atoms with E-state index >= 15 is 0 Å². The lowest BCUT2D eigenvalue weighted by Crippen LogP contribution is -2.26. The summed E-state index contributed by atoms with van der Waals surface area (Å²) in [6.07, 6.45) is 16.9. The Labute approximate surface area is 125 Å². The molecule has 0 saturated heterocycles. The minimum absolute atomic E-state index is 0.557. The minimum atomic E-state index is -0.639. The summed E-state index contributed by atoms with van der Waals surface area (Å²) in [6, 6.07) is 0. The number of carboxylic acid groups (broad SMARTS) is 1. The fourth-order valence-electron chi connectivity index (χ4n) is 3.44. The SMILES string of the molecule is CC(C)(CC1CCCCCCCCCCCC1)C(=O)O. The van der Waals surface area contributed by atoms with Crippen molar-refractivity contribution in [2.75, 3.05) is 0 Å². The standard InChI is InChI=1S/C18H34O2/c1-18(2,17(19)20)15-16-13-11-9-7-5-3-4-6-8-10-12-14-16/h16H,3-15H2,1-2H3,(H,19,20). The Morgan fingerprint density at radius 3 is 1.55 bits per heavy atom. The topological polar surface area (TPSA) is 37.3 Å². The maximum absolute atomic E-state index is 11.3. The van der Waals surface area contributed by atoms with Gasteiger partial charge in [-0.2, -0.15) is 0 Å². The smallest absolute Gasteiger partial charge is 0.309 e. The summed E-state index contributed by atoms with van der Waals surface area (Å²) in [5.41, 5.74) is -0.557. The minimum Gasteiger partial charge on any atom is -0.481 e. The summed E-state index contributed by atoms with van der Waals surface area (Å²) in [5, 5.41) is 9.32. The number of carboxylic acids is 1. The van der Waals surface area contributed by atoms with E-state index in [1.807, 2.05) is 13.8 Å². The third kappa shape index (κ3) is 7.31. The van der Waals surface area contributed by atoms with E-state index in [2.05, 4.69) is 0 Å². The third-order valence-electron chi connectivity index (χ3n) is 4.85. The molecule has 20 heavy (non-hydrogen) atoms. The molecule has 0 amide bonds. The van der Waals surface area contributed by atoms with E-state index in [4.69, 9.17) is 0 Å². The molecule has 118 valence electrons. The van der Waals surface area contributed by atoms with E-state index in [1.54, 1.807) is 0 Å². The normalized spacial score (nSPS) is 21.5. The fraction of sp³-hybridized carbons (Fsp3) is 0.944. The fourth-order valence-corrected chi connectivity index (χ4v) is 3.44. The number of aliphatic carboxylic acids is 1. The highest BCUT2D eigenvalue weighted by molar-refractivity contribution is 5.73. The number of hydrogen-bond donors (Lipinski definition) is 1. The summed E-state index contributed by atoms with van der Waals surface area (Å²) in [4.78, 5) is 11.3. The van der Waals surface area contributed by atoms with E-state index in [1.165, 1.54) is 77.0 Å². The molecule has 1 aliphatic rings. The van der Waals surface area contributed by atoms with Gasteiger partial charge in [-0.15, -0.1) is 0 Å². The summed E-state index contributed by atoms with van der Waals surface area (Å²) in [7, 11) is 0. The number of hydrogen-bond acceptors (Lipinski definition) is 1. The zero-order chi connectivity index (χ0) is 14.8. The van der Waals surface area contributed by atoms with Gasteiger partial charge in [0.2, 0.25) is 0 Å². The first kappa shape index (κ1) is 17.5. The van der Waals surface area contributed by atoms with Crippen LogP contribution in [0, 0.1) is 11.3 Å². The summed E-state index contributed by atoms with van der Waals surface area (Å²) in [5.74, 6) is -0.0257. The van der Waals surface area contributed by atoms with Crippen LogP contribution in [0.2, 0.25) is 0 Å². The molecule has 0 spiro atoms. The third-order valence-corrected chi connectivity index (χ3v) is 4.85. The Morgan fingerprint density at radius 2 is 1.20 bits per heavy atom. The van der Waals surface area contributed by atoms with Gasteiger partial charge >= 0.3 is 5.97 Å². The van der Waals surface area contributed by atoms with Crippen LogP contribution in [0.1, 0.15) is 97.3 Å². The molecule has 1 rings (SSSR count). The first-order valence-corrected chi connectivity index (χ1v) is 8.76. The number of carbonyl (C=O) groups is 1. The molecule has 2 heteroatoms. The van der Waals surface area contributed by atoms with E-state index in [-0.39, 0.29) is 0 Å². The van der Waals surface area contributed by atoms with Crippen LogP contribution in [0.15, 0.2) is 0 Å². The second-order valence-corrected chi connectivity index (χ2v) is 7.37. The van der Waals surface area contributed by atoms with Crippen molar-refractivity contribution >= 4 is 5.97 Å². The molecule has 1 aliphatic carbocycles. The van der Waals surface area contributed by atoms with Crippen molar-refractivity contribution in [1.82, 2.24) is 0 Å². The Balaban J connectivity index is 2.45. The highest BCUT2D eigenvalue weighted by atomic mass is 16.4. The van der Waals surface area contributed by atoms with Crippen molar-refractivity contribution in [3.05, 3.63) is 0 Å². The lowest BCUT2D eigenvalue weighted by atomic mass is 9.79. The zero-order valence-electron chi connectivity index (χ0n) is 13.6. The predicted molar refractivity (Wildman–Crippen MR) is 84.9 cm³/mol. The molecule has 0 unspecified atom stereocenters. The molecule has 0 bridgehead atoms. The van der Waals surface area contributed by atoms with Gasteiger partial charge in [0.15, 0.2) is 0 Å². The van der Waals surface area contributed by atoms with Gasteiger partial charge < -0.3 is 5.11 Å². The molecule has 0 aromatic carbocycles. The second kappa shape index (κ2) is 9.41. The summed E-state index contributed by atoms with van der Waals surface area (Å²) >= 11 is 0. The monoisotopic (exact) mass is 282 g/mol. The van der Waals surface area contributed by atoms with Gasteiger partial charge in [-0.25, -0.2) is 0 Å². The highest BCUT2D eigenvalue weighted by Gasteiger charge is 2.30. The Morgan fingerprint density at radius 1 is 0.850 bits per heavy atom. The van der Waals surface area contributed by atoms with Gasteiger partial charge in [-0.1, -0.05) is 77.0 Å². The molecule has 0 aromatic rings. The van der Waals surface area contributed by atoms with Crippen molar-refractivity contribution < 1.29 is 9.90 Å². The van der Waals surface area contributed by atoms with Gasteiger partial charge in [0.1, 0.15) is 0 Å². The van der Waals surface area contributed by atoms with Crippen LogP contribution in [0.25, 0.3) is 0 Å². The van der Waals surface area contributed by atoms with Crippen molar-refractivity contribution in [1.29, 1.82) is 0 Å². The Kier molecular flexibility index (Phi) is 8.25. The van der Waals surface area contributed by atoms with Gasteiger partial charge in [-0.05, 0) is 26.2 Å². The zero-order valence-corrected chi connectivity index (χ0v) is 13.6. The van der Waals surface area contributed by atoms with Gasteiger partial charge in [-0.3, -0.25) is 4.79 Å².